The average Bonchev–Trinajstić information content (AvgIpc) is 3.29. The molecule has 0 saturated heterocycles. The lowest BCUT2D eigenvalue weighted by Crippen LogP contribution is -2.30. The molecular weight excluding hydrogens is 451 g/mol. The number of benzene rings is 4. The molecule has 0 radical (unpaired) electrons. The third kappa shape index (κ3) is 5.00. The van der Waals surface area contributed by atoms with Gasteiger partial charge in [0.25, 0.3) is 5.91 Å². The molecule has 0 atom stereocenters. The van der Waals surface area contributed by atoms with Crippen LogP contribution < -0.4 is 27.1 Å². The predicted molar refractivity (Wildman–Crippen MR) is 145 cm³/mol. The number of hydrogen-bond donors (Lipinski definition) is 5. The maximum atomic E-state index is 13.1. The molecule has 0 aromatic heterocycles. The van der Waals surface area contributed by atoms with Crippen LogP contribution in [0.15, 0.2) is 66.7 Å². The first-order valence-electron chi connectivity index (χ1n) is 12.4. The van der Waals surface area contributed by atoms with Crippen LogP contribution in [0.3, 0.4) is 0 Å². The maximum Gasteiger partial charge on any atom is 0.491 e. The topological polar surface area (TPSA) is 109 Å². The van der Waals surface area contributed by atoms with Crippen molar-refractivity contribution in [3.63, 3.8) is 0 Å². The second-order valence-electron chi connectivity index (χ2n) is 9.02. The molecule has 184 valence electrons. The Morgan fingerprint density at radius 3 is 2.11 bits per heavy atom. The molecule has 1 aliphatic heterocycles. The van der Waals surface area contributed by atoms with Gasteiger partial charge in [0.15, 0.2) is 0 Å². The summed E-state index contributed by atoms with van der Waals surface area (Å²) in [5.74, 6) is -0.180. The number of nitrogens with two attached hydrogens (primary N) is 1. The molecule has 8 heteroatoms. The molecular formula is C28H31BN4O3. The summed E-state index contributed by atoms with van der Waals surface area (Å²) in [6, 6.07) is 22.1. The molecule has 0 saturated carbocycles. The van der Waals surface area contributed by atoms with Crippen LogP contribution in [0.25, 0.3) is 21.5 Å². The Morgan fingerprint density at radius 1 is 0.861 bits per heavy atom. The van der Waals surface area contributed by atoms with Crippen molar-refractivity contribution >= 4 is 40.0 Å². The van der Waals surface area contributed by atoms with E-state index in [1.807, 2.05) is 18.2 Å². The first-order chi connectivity index (χ1) is 17.7. The predicted octanol–water partition coefficient (Wildman–Crippen LogP) is 1.78. The smallest absolute Gasteiger partial charge is 0.423 e. The molecule has 0 fully saturated rings. The quantitative estimate of drug-likeness (QED) is 0.134. The van der Waals surface area contributed by atoms with Crippen LogP contribution in [0.4, 0.5) is 0 Å². The largest absolute Gasteiger partial charge is 0.491 e. The van der Waals surface area contributed by atoms with Crippen molar-refractivity contribution < 1.29 is 14.5 Å². The van der Waals surface area contributed by atoms with Gasteiger partial charge in [0, 0.05) is 44.8 Å². The molecule has 0 bridgehead atoms. The van der Waals surface area contributed by atoms with Gasteiger partial charge in [-0.25, -0.2) is 0 Å². The fourth-order valence-corrected chi connectivity index (χ4v) is 4.93. The lowest BCUT2D eigenvalue weighted by molar-refractivity contribution is 0.0951. The van der Waals surface area contributed by atoms with Gasteiger partial charge in [-0.15, -0.1) is 0 Å². The zero-order valence-electron chi connectivity index (χ0n) is 20.2. The number of carbonyl (C=O) groups is 1. The van der Waals surface area contributed by atoms with Crippen LogP contribution in [0.1, 0.15) is 27.0 Å². The summed E-state index contributed by atoms with van der Waals surface area (Å²) in [6.07, 6.45) is 0. The van der Waals surface area contributed by atoms with Crippen LogP contribution >= 0.6 is 0 Å². The van der Waals surface area contributed by atoms with Gasteiger partial charge < -0.3 is 31.4 Å². The maximum absolute atomic E-state index is 13.1. The Hall–Kier alpha value is -3.27. The second-order valence-corrected chi connectivity index (χ2v) is 9.02. The minimum Gasteiger partial charge on any atom is -0.423 e. The minimum absolute atomic E-state index is 0.180. The monoisotopic (exact) mass is 482 g/mol. The van der Waals surface area contributed by atoms with Crippen LogP contribution in [0, 0.1) is 0 Å². The summed E-state index contributed by atoms with van der Waals surface area (Å²) in [5, 5.41) is 24.6. The molecule has 6 N–H and O–H groups in total. The summed E-state index contributed by atoms with van der Waals surface area (Å²) >= 11 is 0. The van der Waals surface area contributed by atoms with Crippen molar-refractivity contribution in [2.45, 2.75) is 19.7 Å². The summed E-state index contributed by atoms with van der Waals surface area (Å²) in [6.45, 7) is 4.67. The average molecular weight is 482 g/mol. The van der Waals surface area contributed by atoms with Crippen molar-refractivity contribution in [2.24, 2.45) is 5.73 Å². The SMILES string of the molecule is NCCNCCNCc1c2ccccc2c(CNC(=O)c2ccc3c(c2)B(O)OC3)c2ccccc12. The number of nitrogens with one attached hydrogen (secondary N) is 3. The van der Waals surface area contributed by atoms with Crippen LogP contribution in [-0.4, -0.2) is 44.2 Å². The van der Waals surface area contributed by atoms with E-state index in [1.165, 1.54) is 16.3 Å². The summed E-state index contributed by atoms with van der Waals surface area (Å²) < 4.78 is 5.26. The fraction of sp³-hybridized carbons (Fsp3) is 0.250. The Labute approximate surface area is 211 Å². The number of hydrogen-bond acceptors (Lipinski definition) is 6. The van der Waals surface area contributed by atoms with Gasteiger partial charge in [-0.05, 0) is 55.8 Å². The first-order valence-corrected chi connectivity index (χ1v) is 12.4. The van der Waals surface area contributed by atoms with E-state index in [4.69, 9.17) is 10.4 Å². The van der Waals surface area contributed by atoms with Crippen LogP contribution in [0.2, 0.25) is 0 Å². The lowest BCUT2D eigenvalue weighted by Gasteiger charge is -2.18. The molecule has 0 spiro atoms. The summed E-state index contributed by atoms with van der Waals surface area (Å²) in [5.41, 5.74) is 9.98. The van der Waals surface area contributed by atoms with Crippen LogP contribution in [0.5, 0.6) is 0 Å². The van der Waals surface area contributed by atoms with Crippen molar-refractivity contribution in [1.82, 2.24) is 16.0 Å². The molecule has 1 heterocycles. The third-order valence-corrected chi connectivity index (χ3v) is 6.75. The van der Waals surface area contributed by atoms with Crippen molar-refractivity contribution in [3.05, 3.63) is 89.0 Å². The second kappa shape index (κ2) is 11.2. The minimum atomic E-state index is -0.974. The fourth-order valence-electron chi connectivity index (χ4n) is 4.93. The van der Waals surface area contributed by atoms with Gasteiger partial charge in [0.2, 0.25) is 0 Å². The summed E-state index contributed by atoms with van der Waals surface area (Å²) in [7, 11) is -0.974. The van der Waals surface area contributed by atoms with Crippen molar-refractivity contribution in [3.8, 4) is 0 Å². The highest BCUT2D eigenvalue weighted by Crippen LogP contribution is 2.33. The molecule has 0 aliphatic carbocycles. The Kier molecular flexibility index (Phi) is 7.60. The van der Waals surface area contributed by atoms with Gasteiger partial charge in [-0.3, -0.25) is 4.79 Å². The van der Waals surface area contributed by atoms with E-state index in [2.05, 4.69) is 52.3 Å². The highest BCUT2D eigenvalue weighted by atomic mass is 16.5. The molecule has 5 rings (SSSR count). The van der Waals surface area contributed by atoms with E-state index in [9.17, 15) is 9.82 Å². The third-order valence-electron chi connectivity index (χ3n) is 6.75. The first kappa shape index (κ1) is 24.4. The Balaban J connectivity index is 1.41. The highest BCUT2D eigenvalue weighted by molar-refractivity contribution is 6.61. The molecule has 36 heavy (non-hydrogen) atoms. The zero-order valence-corrected chi connectivity index (χ0v) is 20.2. The molecule has 1 amide bonds. The van der Waals surface area contributed by atoms with Crippen molar-refractivity contribution in [1.29, 1.82) is 0 Å². The molecule has 0 unspecified atom stereocenters. The van der Waals surface area contributed by atoms with Gasteiger partial charge in [0.1, 0.15) is 0 Å². The normalized spacial score (nSPS) is 12.9. The van der Waals surface area contributed by atoms with Crippen molar-refractivity contribution in [2.75, 3.05) is 26.2 Å². The van der Waals surface area contributed by atoms with Gasteiger partial charge in [-0.2, -0.15) is 0 Å². The van der Waals surface area contributed by atoms with Gasteiger partial charge >= 0.3 is 7.12 Å². The Bertz CT molecular complexity index is 1340. The molecule has 4 aromatic rings. The zero-order chi connectivity index (χ0) is 24.9. The van der Waals surface area contributed by atoms with Gasteiger partial charge in [-0.1, -0.05) is 54.6 Å². The van der Waals surface area contributed by atoms with E-state index in [0.29, 0.717) is 30.7 Å². The summed E-state index contributed by atoms with van der Waals surface area (Å²) in [4.78, 5) is 13.1. The molecule has 1 aliphatic rings. The van der Waals surface area contributed by atoms with Gasteiger partial charge in [0.05, 0.1) is 6.61 Å². The number of fused-ring (bicyclic) bond motifs is 3. The van der Waals surface area contributed by atoms with E-state index in [0.717, 1.165) is 48.1 Å². The van der Waals surface area contributed by atoms with E-state index >= 15 is 0 Å². The van der Waals surface area contributed by atoms with E-state index in [-0.39, 0.29) is 5.91 Å². The lowest BCUT2D eigenvalue weighted by atomic mass is 9.79. The standard InChI is InChI=1S/C28H31BN4O3/c30-11-12-31-13-14-32-16-25-21-5-1-3-7-23(21)26(24-8-4-2-6-22(24)25)17-33-28(34)19-9-10-20-18-36-29(35)27(20)15-19/h1-10,15,31-32,35H,11-14,16-18,30H2,(H,33,34). The Morgan fingerprint density at radius 2 is 1.47 bits per heavy atom. The van der Waals surface area contributed by atoms with Crippen LogP contribution in [-0.2, 0) is 24.4 Å². The van der Waals surface area contributed by atoms with E-state index in [1.54, 1.807) is 12.1 Å². The molecule has 4 aromatic carbocycles. The number of carbonyl (C=O) groups excluding carboxylic acids is 1. The van der Waals surface area contributed by atoms with E-state index < -0.39 is 7.12 Å². The number of amides is 1. The highest BCUT2D eigenvalue weighted by Gasteiger charge is 2.28. The number of rotatable bonds is 10. The molecule has 7 nitrogen and oxygen atoms in total.